The minimum atomic E-state index is 0.395. The summed E-state index contributed by atoms with van der Waals surface area (Å²) in [5.74, 6) is 1.13. The zero-order valence-electron chi connectivity index (χ0n) is 8.77. The molecule has 1 aromatic heterocycles. The molecule has 1 rings (SSSR count). The van der Waals surface area contributed by atoms with Gasteiger partial charge in [-0.05, 0) is 13.0 Å². The molecule has 0 atom stereocenters. The lowest BCUT2D eigenvalue weighted by Crippen LogP contribution is -2.31. The van der Waals surface area contributed by atoms with Gasteiger partial charge in [-0.3, -0.25) is 0 Å². The van der Waals surface area contributed by atoms with E-state index >= 15 is 0 Å². The Bertz CT molecular complexity index is 359. The third-order valence-electron chi connectivity index (χ3n) is 1.67. The molecule has 15 heavy (non-hydrogen) atoms. The van der Waals surface area contributed by atoms with Crippen molar-refractivity contribution in [2.24, 2.45) is 10.7 Å². The maximum absolute atomic E-state index is 5.59. The first kappa shape index (κ1) is 11.2. The van der Waals surface area contributed by atoms with E-state index in [0.717, 1.165) is 11.5 Å². The van der Waals surface area contributed by atoms with Crippen LogP contribution >= 0.6 is 0 Å². The summed E-state index contributed by atoms with van der Waals surface area (Å²) in [7, 11) is 0. The van der Waals surface area contributed by atoms with Crippen molar-refractivity contribution in [3.8, 4) is 0 Å². The van der Waals surface area contributed by atoms with Crippen LogP contribution in [0.2, 0.25) is 0 Å². The minimum absolute atomic E-state index is 0.395. The number of rotatable bonds is 4. The van der Waals surface area contributed by atoms with E-state index < -0.39 is 0 Å². The number of nitrogens with one attached hydrogen (secondary N) is 1. The van der Waals surface area contributed by atoms with Gasteiger partial charge in [0.25, 0.3) is 0 Å². The molecule has 1 aromatic rings. The van der Waals surface area contributed by atoms with Gasteiger partial charge in [0.15, 0.2) is 5.96 Å². The monoisotopic (exact) mass is 205 g/mol. The SMILES string of the molecule is C=CCNC(N)=NCc1ccnc(C)n1. The van der Waals surface area contributed by atoms with E-state index in [-0.39, 0.29) is 0 Å². The van der Waals surface area contributed by atoms with Gasteiger partial charge in [0.1, 0.15) is 5.82 Å². The average Bonchev–Trinajstić information content (AvgIpc) is 2.23. The highest BCUT2D eigenvalue weighted by molar-refractivity contribution is 5.77. The molecular weight excluding hydrogens is 190 g/mol. The Morgan fingerprint density at radius 3 is 3.20 bits per heavy atom. The van der Waals surface area contributed by atoms with Gasteiger partial charge in [-0.15, -0.1) is 6.58 Å². The summed E-state index contributed by atoms with van der Waals surface area (Å²) in [5.41, 5.74) is 6.45. The average molecular weight is 205 g/mol. The number of aliphatic imine (C=N–C) groups is 1. The summed E-state index contributed by atoms with van der Waals surface area (Å²) in [4.78, 5) is 12.3. The summed E-state index contributed by atoms with van der Waals surface area (Å²) in [6.45, 7) is 6.48. The van der Waals surface area contributed by atoms with Crippen LogP contribution in [0.5, 0.6) is 0 Å². The fourth-order valence-corrected chi connectivity index (χ4v) is 0.992. The van der Waals surface area contributed by atoms with Crippen molar-refractivity contribution >= 4 is 5.96 Å². The predicted octanol–water partition coefficient (Wildman–Crippen LogP) is 0.375. The van der Waals surface area contributed by atoms with Crippen molar-refractivity contribution in [2.75, 3.05) is 6.54 Å². The summed E-state index contributed by atoms with van der Waals surface area (Å²) in [6.07, 6.45) is 3.43. The molecule has 0 saturated carbocycles. The highest BCUT2D eigenvalue weighted by Gasteiger charge is 1.94. The molecular formula is C10H15N5. The largest absolute Gasteiger partial charge is 0.370 e. The van der Waals surface area contributed by atoms with Gasteiger partial charge in [0, 0.05) is 12.7 Å². The molecule has 0 amide bonds. The van der Waals surface area contributed by atoms with Crippen molar-refractivity contribution < 1.29 is 0 Å². The van der Waals surface area contributed by atoms with Crippen LogP contribution in [0.15, 0.2) is 29.9 Å². The molecule has 0 aliphatic heterocycles. The van der Waals surface area contributed by atoms with E-state index in [2.05, 4.69) is 26.9 Å². The molecule has 0 saturated heterocycles. The first-order chi connectivity index (χ1) is 7.22. The molecule has 0 aromatic carbocycles. The smallest absolute Gasteiger partial charge is 0.189 e. The quantitative estimate of drug-likeness (QED) is 0.423. The number of nitrogens with two attached hydrogens (primary N) is 1. The molecule has 0 unspecified atom stereocenters. The Morgan fingerprint density at radius 2 is 2.53 bits per heavy atom. The van der Waals surface area contributed by atoms with Crippen LogP contribution in [-0.4, -0.2) is 22.5 Å². The lowest BCUT2D eigenvalue weighted by Gasteiger charge is -2.02. The van der Waals surface area contributed by atoms with Crippen LogP contribution in [0.25, 0.3) is 0 Å². The van der Waals surface area contributed by atoms with E-state index in [1.807, 2.05) is 13.0 Å². The fourth-order valence-electron chi connectivity index (χ4n) is 0.992. The van der Waals surface area contributed by atoms with Crippen molar-refractivity contribution in [3.63, 3.8) is 0 Å². The Balaban J connectivity index is 2.51. The standard InChI is InChI=1S/C10H15N5/c1-3-5-13-10(11)14-7-9-4-6-12-8(2)15-9/h3-4,6H,1,5,7H2,2H3,(H3,11,13,14). The number of aromatic nitrogens is 2. The van der Waals surface area contributed by atoms with E-state index in [9.17, 15) is 0 Å². The highest BCUT2D eigenvalue weighted by atomic mass is 15.1. The number of nitrogens with zero attached hydrogens (tertiary/aromatic N) is 3. The Kier molecular flexibility index (Phi) is 4.28. The van der Waals surface area contributed by atoms with Gasteiger partial charge in [-0.25, -0.2) is 15.0 Å². The molecule has 0 fully saturated rings. The van der Waals surface area contributed by atoms with Crippen molar-refractivity contribution in [3.05, 3.63) is 36.4 Å². The van der Waals surface area contributed by atoms with Gasteiger partial charge in [-0.1, -0.05) is 6.08 Å². The maximum atomic E-state index is 5.59. The summed E-state index contributed by atoms with van der Waals surface area (Å²) < 4.78 is 0. The van der Waals surface area contributed by atoms with Crippen molar-refractivity contribution in [1.29, 1.82) is 0 Å². The van der Waals surface area contributed by atoms with Crippen LogP contribution in [0, 0.1) is 6.92 Å². The number of hydrogen-bond donors (Lipinski definition) is 2. The highest BCUT2D eigenvalue weighted by Crippen LogP contribution is 1.96. The number of guanidine groups is 1. The minimum Gasteiger partial charge on any atom is -0.370 e. The second-order valence-corrected chi connectivity index (χ2v) is 2.97. The van der Waals surface area contributed by atoms with Crippen LogP contribution in [0.3, 0.4) is 0 Å². The molecule has 5 heteroatoms. The van der Waals surface area contributed by atoms with E-state index in [4.69, 9.17) is 5.73 Å². The zero-order valence-corrected chi connectivity index (χ0v) is 8.77. The van der Waals surface area contributed by atoms with Crippen LogP contribution in [-0.2, 0) is 6.54 Å². The number of aryl methyl sites for hydroxylation is 1. The van der Waals surface area contributed by atoms with Gasteiger partial charge < -0.3 is 11.1 Å². The number of hydrogen-bond acceptors (Lipinski definition) is 3. The molecule has 3 N–H and O–H groups in total. The fraction of sp³-hybridized carbons (Fsp3) is 0.300. The van der Waals surface area contributed by atoms with Crippen molar-refractivity contribution in [1.82, 2.24) is 15.3 Å². The van der Waals surface area contributed by atoms with Gasteiger partial charge >= 0.3 is 0 Å². The third-order valence-corrected chi connectivity index (χ3v) is 1.67. The van der Waals surface area contributed by atoms with Gasteiger partial charge in [-0.2, -0.15) is 0 Å². The first-order valence-electron chi connectivity index (χ1n) is 4.65. The maximum Gasteiger partial charge on any atom is 0.189 e. The normalized spacial score (nSPS) is 11.1. The second kappa shape index (κ2) is 5.74. The molecule has 0 radical (unpaired) electrons. The Labute approximate surface area is 89.2 Å². The van der Waals surface area contributed by atoms with Gasteiger partial charge in [0.05, 0.1) is 12.2 Å². The van der Waals surface area contributed by atoms with E-state index in [0.29, 0.717) is 19.0 Å². The van der Waals surface area contributed by atoms with E-state index in [1.165, 1.54) is 0 Å². The Hall–Kier alpha value is -1.91. The Morgan fingerprint density at radius 1 is 1.73 bits per heavy atom. The topological polar surface area (TPSA) is 76.2 Å². The first-order valence-corrected chi connectivity index (χ1v) is 4.65. The molecule has 1 heterocycles. The molecule has 0 aliphatic rings. The second-order valence-electron chi connectivity index (χ2n) is 2.97. The summed E-state index contributed by atoms with van der Waals surface area (Å²) >= 11 is 0. The zero-order chi connectivity index (χ0) is 11.1. The predicted molar refractivity (Wildman–Crippen MR) is 60.3 cm³/mol. The van der Waals surface area contributed by atoms with Crippen LogP contribution in [0.4, 0.5) is 0 Å². The molecule has 5 nitrogen and oxygen atoms in total. The van der Waals surface area contributed by atoms with Crippen LogP contribution in [0.1, 0.15) is 11.5 Å². The molecule has 0 spiro atoms. The summed E-state index contributed by atoms with van der Waals surface area (Å²) in [5, 5.41) is 2.88. The van der Waals surface area contributed by atoms with Crippen molar-refractivity contribution in [2.45, 2.75) is 13.5 Å². The van der Waals surface area contributed by atoms with Crippen LogP contribution < -0.4 is 11.1 Å². The third kappa shape index (κ3) is 4.21. The van der Waals surface area contributed by atoms with Gasteiger partial charge in [0.2, 0.25) is 0 Å². The molecule has 0 bridgehead atoms. The summed E-state index contributed by atoms with van der Waals surface area (Å²) in [6, 6.07) is 1.82. The lowest BCUT2D eigenvalue weighted by molar-refractivity contribution is 0.905. The lowest BCUT2D eigenvalue weighted by atomic mass is 10.4. The van der Waals surface area contributed by atoms with E-state index in [1.54, 1.807) is 12.3 Å². The molecule has 0 aliphatic carbocycles. The molecule has 80 valence electrons.